The topological polar surface area (TPSA) is 27.7 Å². The first-order valence-electron chi connectivity index (χ1n) is 9.80. The lowest BCUT2D eigenvalue weighted by molar-refractivity contribution is 0.0715. The van der Waals surface area contributed by atoms with Gasteiger partial charge in [0.15, 0.2) is 0 Å². The summed E-state index contributed by atoms with van der Waals surface area (Å²) in [4.78, 5) is 5.02. The van der Waals surface area contributed by atoms with Crippen LogP contribution >= 0.6 is 0 Å². The number of para-hydroxylation sites is 1. The number of ether oxygens (including phenoxy) is 1. The maximum atomic E-state index is 5.35. The zero-order chi connectivity index (χ0) is 19.0. The van der Waals surface area contributed by atoms with Gasteiger partial charge in [-0.2, -0.15) is 0 Å². The number of anilines is 2. The van der Waals surface area contributed by atoms with Gasteiger partial charge in [0, 0.05) is 37.6 Å². The Morgan fingerprint density at radius 2 is 1.61 bits per heavy atom. The third-order valence-corrected chi connectivity index (χ3v) is 5.83. The van der Waals surface area contributed by atoms with Gasteiger partial charge in [-0.3, -0.25) is 4.90 Å². The molecule has 1 N–H and O–H groups in total. The van der Waals surface area contributed by atoms with Crippen LogP contribution in [0.2, 0.25) is 0 Å². The molecule has 0 bridgehead atoms. The van der Waals surface area contributed by atoms with Gasteiger partial charge in [0.1, 0.15) is 11.4 Å². The molecule has 0 unspecified atom stereocenters. The van der Waals surface area contributed by atoms with Crippen molar-refractivity contribution in [3.05, 3.63) is 90.0 Å². The average Bonchev–Trinajstić information content (AvgIpc) is 2.73. The van der Waals surface area contributed by atoms with Gasteiger partial charge < -0.3 is 15.0 Å². The summed E-state index contributed by atoms with van der Waals surface area (Å²) in [7, 11) is 1.71. The highest BCUT2D eigenvalue weighted by atomic mass is 16.5. The van der Waals surface area contributed by atoms with Crippen molar-refractivity contribution in [1.82, 2.24) is 4.90 Å². The summed E-state index contributed by atoms with van der Waals surface area (Å²) in [6.45, 7) is 3.88. The van der Waals surface area contributed by atoms with E-state index in [0.29, 0.717) is 0 Å². The molecule has 1 spiro atoms. The van der Waals surface area contributed by atoms with Gasteiger partial charge >= 0.3 is 0 Å². The van der Waals surface area contributed by atoms with E-state index in [1.807, 2.05) is 12.1 Å². The molecule has 142 valence electrons. The fourth-order valence-electron chi connectivity index (χ4n) is 4.42. The number of hydrogen-bond acceptors (Lipinski definition) is 4. The Balaban J connectivity index is 1.42. The summed E-state index contributed by atoms with van der Waals surface area (Å²) in [5.74, 6) is 0.891. The molecule has 28 heavy (non-hydrogen) atoms. The molecular formula is C24H25N3O. The smallest absolute Gasteiger partial charge is 0.137 e. The molecule has 0 amide bonds. The molecule has 2 aliphatic rings. The summed E-state index contributed by atoms with van der Waals surface area (Å²) >= 11 is 0. The number of rotatable bonds is 4. The number of nitrogens with one attached hydrogen (secondary N) is 1. The lowest BCUT2D eigenvalue weighted by atomic mass is 9.91. The minimum absolute atomic E-state index is 0.0717. The van der Waals surface area contributed by atoms with Crippen LogP contribution in [0.5, 0.6) is 5.75 Å². The molecule has 2 aliphatic heterocycles. The fourth-order valence-corrected chi connectivity index (χ4v) is 4.42. The van der Waals surface area contributed by atoms with Gasteiger partial charge in [-0.25, -0.2) is 0 Å². The summed E-state index contributed by atoms with van der Waals surface area (Å²) in [5, 5.41) is 3.86. The van der Waals surface area contributed by atoms with Gasteiger partial charge in [0.2, 0.25) is 0 Å². The van der Waals surface area contributed by atoms with E-state index in [-0.39, 0.29) is 5.66 Å². The molecule has 3 aromatic rings. The van der Waals surface area contributed by atoms with Gasteiger partial charge in [-0.1, -0.05) is 48.5 Å². The number of fused-ring (bicyclic) bond motifs is 1. The van der Waals surface area contributed by atoms with E-state index < -0.39 is 0 Å². The zero-order valence-corrected chi connectivity index (χ0v) is 16.1. The van der Waals surface area contributed by atoms with E-state index in [4.69, 9.17) is 4.74 Å². The van der Waals surface area contributed by atoms with Crippen LogP contribution in [0.3, 0.4) is 0 Å². The first kappa shape index (κ1) is 17.1. The molecule has 4 nitrogen and oxygen atoms in total. The number of hydrogen-bond donors (Lipinski definition) is 1. The van der Waals surface area contributed by atoms with Crippen LogP contribution in [0.4, 0.5) is 11.4 Å². The summed E-state index contributed by atoms with van der Waals surface area (Å²) in [6, 6.07) is 27.8. The maximum Gasteiger partial charge on any atom is 0.137 e. The Labute approximate surface area is 166 Å². The maximum absolute atomic E-state index is 5.35. The van der Waals surface area contributed by atoms with Gasteiger partial charge in [-0.15, -0.1) is 0 Å². The lowest BCUT2D eigenvalue weighted by Crippen LogP contribution is -2.75. The third kappa shape index (κ3) is 3.00. The highest BCUT2D eigenvalue weighted by Crippen LogP contribution is 2.40. The van der Waals surface area contributed by atoms with E-state index in [0.717, 1.165) is 31.9 Å². The molecule has 0 radical (unpaired) electrons. The predicted molar refractivity (Wildman–Crippen MR) is 114 cm³/mol. The minimum Gasteiger partial charge on any atom is -0.497 e. The van der Waals surface area contributed by atoms with Crippen LogP contribution in [0.15, 0.2) is 78.9 Å². The van der Waals surface area contributed by atoms with Crippen molar-refractivity contribution < 1.29 is 4.74 Å². The Kier molecular flexibility index (Phi) is 4.21. The van der Waals surface area contributed by atoms with Crippen molar-refractivity contribution in [2.75, 3.05) is 30.4 Å². The second kappa shape index (κ2) is 6.88. The molecule has 1 saturated heterocycles. The SMILES string of the molecule is COc1ccc(N2Cc3ccccc3NC23CN(Cc2ccccc2)C3)cc1. The van der Waals surface area contributed by atoms with E-state index >= 15 is 0 Å². The molecule has 0 aliphatic carbocycles. The lowest BCUT2D eigenvalue weighted by Gasteiger charge is -2.59. The van der Waals surface area contributed by atoms with Crippen LogP contribution < -0.4 is 15.0 Å². The van der Waals surface area contributed by atoms with Crippen LogP contribution in [0.1, 0.15) is 11.1 Å². The quantitative estimate of drug-likeness (QED) is 0.738. The minimum atomic E-state index is -0.0717. The highest BCUT2D eigenvalue weighted by molar-refractivity contribution is 5.65. The normalized spacial score (nSPS) is 17.5. The van der Waals surface area contributed by atoms with Crippen LogP contribution in [0, 0.1) is 0 Å². The van der Waals surface area contributed by atoms with Crippen LogP contribution in [-0.2, 0) is 13.1 Å². The van der Waals surface area contributed by atoms with Crippen molar-refractivity contribution in [3.8, 4) is 5.75 Å². The average molecular weight is 371 g/mol. The second-order valence-electron chi connectivity index (χ2n) is 7.73. The second-order valence-corrected chi connectivity index (χ2v) is 7.73. The van der Waals surface area contributed by atoms with Crippen molar-refractivity contribution in [2.24, 2.45) is 0 Å². The Hall–Kier alpha value is -2.98. The molecule has 0 aromatic heterocycles. The van der Waals surface area contributed by atoms with E-state index in [9.17, 15) is 0 Å². The number of nitrogens with zero attached hydrogens (tertiary/aromatic N) is 2. The first-order chi connectivity index (χ1) is 13.8. The summed E-state index contributed by atoms with van der Waals surface area (Å²) in [6.07, 6.45) is 0. The molecule has 3 aromatic carbocycles. The summed E-state index contributed by atoms with van der Waals surface area (Å²) in [5.41, 5.74) is 5.11. The summed E-state index contributed by atoms with van der Waals surface area (Å²) < 4.78 is 5.35. The van der Waals surface area contributed by atoms with Gasteiger partial charge in [0.25, 0.3) is 0 Å². The van der Waals surface area contributed by atoms with Gasteiger partial charge in [-0.05, 0) is 41.5 Å². The number of benzene rings is 3. The standard InChI is InChI=1S/C24H25N3O/c1-28-22-13-11-21(12-14-22)27-16-20-9-5-6-10-23(20)25-24(27)17-26(18-24)15-19-7-3-2-4-8-19/h2-14,25H,15-18H2,1H3. The highest BCUT2D eigenvalue weighted by Gasteiger charge is 2.50. The largest absolute Gasteiger partial charge is 0.497 e. The monoisotopic (exact) mass is 371 g/mol. The Bertz CT molecular complexity index is 949. The zero-order valence-electron chi connectivity index (χ0n) is 16.1. The molecule has 0 saturated carbocycles. The van der Waals surface area contributed by atoms with Crippen LogP contribution in [-0.4, -0.2) is 30.8 Å². The van der Waals surface area contributed by atoms with Crippen molar-refractivity contribution >= 4 is 11.4 Å². The van der Waals surface area contributed by atoms with E-state index in [1.54, 1.807) is 7.11 Å². The van der Waals surface area contributed by atoms with E-state index in [1.165, 1.54) is 22.5 Å². The van der Waals surface area contributed by atoms with Gasteiger partial charge in [0.05, 0.1) is 7.11 Å². The third-order valence-electron chi connectivity index (χ3n) is 5.83. The first-order valence-corrected chi connectivity index (χ1v) is 9.80. The number of methoxy groups -OCH3 is 1. The molecule has 4 heteroatoms. The van der Waals surface area contributed by atoms with Crippen molar-refractivity contribution in [2.45, 2.75) is 18.8 Å². The Morgan fingerprint density at radius 1 is 0.893 bits per heavy atom. The van der Waals surface area contributed by atoms with Crippen molar-refractivity contribution in [3.63, 3.8) is 0 Å². The fraction of sp³-hybridized carbons (Fsp3) is 0.250. The molecule has 1 fully saturated rings. The van der Waals surface area contributed by atoms with Crippen LogP contribution in [0.25, 0.3) is 0 Å². The van der Waals surface area contributed by atoms with E-state index in [2.05, 4.69) is 81.8 Å². The van der Waals surface area contributed by atoms with Crippen molar-refractivity contribution in [1.29, 1.82) is 0 Å². The molecule has 5 rings (SSSR count). The predicted octanol–water partition coefficient (Wildman–Crippen LogP) is 4.34. The molecule has 0 atom stereocenters. The molecular weight excluding hydrogens is 346 g/mol. The molecule has 2 heterocycles. The number of likely N-dealkylation sites (tertiary alicyclic amines) is 1. The Morgan fingerprint density at radius 3 is 2.36 bits per heavy atom.